The van der Waals surface area contributed by atoms with Gasteiger partial charge in [0.2, 0.25) is 0 Å². The van der Waals surface area contributed by atoms with Crippen LogP contribution in [0.1, 0.15) is 0 Å². The summed E-state index contributed by atoms with van der Waals surface area (Å²) in [6, 6.07) is 89.7. The van der Waals surface area contributed by atoms with Gasteiger partial charge in [-0.25, -0.2) is 0 Å². The molecule has 66 heavy (non-hydrogen) atoms. The molecule has 0 saturated carbocycles. The van der Waals surface area contributed by atoms with Crippen molar-refractivity contribution in [1.29, 1.82) is 0 Å². The molecule has 306 valence electrons. The Bertz CT molecular complexity index is 3970. The van der Waals surface area contributed by atoms with Crippen LogP contribution in [0.3, 0.4) is 0 Å². The highest BCUT2D eigenvalue weighted by molar-refractivity contribution is 6.27. The summed E-state index contributed by atoms with van der Waals surface area (Å²) in [7, 11) is 0. The maximum Gasteiger partial charge on any atom is 0.0618 e. The number of rotatable bonds is 7. The molecule has 0 saturated heterocycles. The molecule has 0 spiro atoms. The van der Waals surface area contributed by atoms with Crippen LogP contribution in [0.15, 0.2) is 243 Å². The Kier molecular flexibility index (Phi) is 8.02. The second kappa shape index (κ2) is 14.4. The highest BCUT2D eigenvalue weighted by atomic mass is 15.1. The standard InChI is InChI=1S/C64H40N2/c1-3-17-50(18-4-1)65(53-37-46-29-25-41-13-11-14-42-26-30-47(38-53)61(46)59(41)42)52-35-33-45(34-36-52)63-55-21-7-9-23-57(55)64(58-24-10-8-22-56(58)63)66(51-19-5-2-6-20-51)54-39-48-31-27-43-15-12-16-44-28-32-49(40-54)62(48)60(43)44/h1-40H. The fourth-order valence-electron chi connectivity index (χ4n) is 11.2. The fourth-order valence-corrected chi connectivity index (χ4v) is 11.2. The molecule has 14 aromatic carbocycles. The normalized spacial score (nSPS) is 11.9. The molecular formula is C64H40N2. The first-order valence-corrected chi connectivity index (χ1v) is 22.8. The topological polar surface area (TPSA) is 6.48 Å². The minimum atomic E-state index is 1.10. The molecule has 2 nitrogen and oxygen atoms in total. The molecule has 0 aromatic heterocycles. The molecule has 0 heterocycles. The molecule has 0 bridgehead atoms. The summed E-state index contributed by atoms with van der Waals surface area (Å²) in [6.07, 6.45) is 0. The average molecular weight is 837 g/mol. The molecule has 0 aliphatic carbocycles. The van der Waals surface area contributed by atoms with Crippen LogP contribution < -0.4 is 9.80 Å². The van der Waals surface area contributed by atoms with Crippen LogP contribution in [0.4, 0.5) is 34.1 Å². The van der Waals surface area contributed by atoms with E-state index in [4.69, 9.17) is 0 Å². The molecule has 0 aliphatic heterocycles. The number of hydrogen-bond donors (Lipinski definition) is 0. The first-order valence-electron chi connectivity index (χ1n) is 22.8. The highest BCUT2D eigenvalue weighted by Gasteiger charge is 2.24. The number of nitrogens with zero attached hydrogens (tertiary/aromatic N) is 2. The van der Waals surface area contributed by atoms with Gasteiger partial charge >= 0.3 is 0 Å². The minimum Gasteiger partial charge on any atom is -0.310 e. The maximum absolute atomic E-state index is 2.49. The molecule has 0 atom stereocenters. The number of benzene rings is 14. The number of para-hydroxylation sites is 2. The van der Waals surface area contributed by atoms with Crippen molar-refractivity contribution in [3.63, 3.8) is 0 Å². The van der Waals surface area contributed by atoms with E-state index in [2.05, 4.69) is 252 Å². The van der Waals surface area contributed by atoms with E-state index in [0.29, 0.717) is 0 Å². The second-order valence-electron chi connectivity index (χ2n) is 17.7. The summed E-state index contributed by atoms with van der Waals surface area (Å²) in [5, 5.41) is 20.2. The van der Waals surface area contributed by atoms with Crippen molar-refractivity contribution < 1.29 is 0 Å². The van der Waals surface area contributed by atoms with Crippen LogP contribution in [0.25, 0.3) is 97.3 Å². The van der Waals surface area contributed by atoms with Gasteiger partial charge in [-0.15, -0.1) is 0 Å². The molecule has 0 N–H and O–H groups in total. The van der Waals surface area contributed by atoms with Gasteiger partial charge in [-0.05, 0) is 147 Å². The van der Waals surface area contributed by atoms with Gasteiger partial charge in [0.05, 0.1) is 5.69 Å². The van der Waals surface area contributed by atoms with Gasteiger partial charge in [0.25, 0.3) is 0 Å². The Morgan fingerprint density at radius 3 is 0.985 bits per heavy atom. The first kappa shape index (κ1) is 36.7. The van der Waals surface area contributed by atoms with Crippen molar-refractivity contribution in [2.45, 2.75) is 0 Å². The third-order valence-electron chi connectivity index (χ3n) is 14.0. The van der Waals surface area contributed by atoms with Gasteiger partial charge in [-0.1, -0.05) is 182 Å². The monoisotopic (exact) mass is 836 g/mol. The van der Waals surface area contributed by atoms with E-state index >= 15 is 0 Å². The highest BCUT2D eigenvalue weighted by Crippen LogP contribution is 2.50. The lowest BCUT2D eigenvalue weighted by atomic mass is 9.89. The fraction of sp³-hybridized carbons (Fsp3) is 0. The third-order valence-corrected chi connectivity index (χ3v) is 14.0. The van der Waals surface area contributed by atoms with Crippen molar-refractivity contribution in [2.24, 2.45) is 0 Å². The van der Waals surface area contributed by atoms with E-state index in [0.717, 1.165) is 28.4 Å². The lowest BCUT2D eigenvalue weighted by Crippen LogP contribution is -2.11. The van der Waals surface area contributed by atoms with Crippen LogP contribution in [-0.2, 0) is 0 Å². The molecule has 0 unspecified atom stereocenters. The van der Waals surface area contributed by atoms with E-state index in [-0.39, 0.29) is 0 Å². The van der Waals surface area contributed by atoms with Gasteiger partial charge in [-0.3, -0.25) is 0 Å². The summed E-state index contributed by atoms with van der Waals surface area (Å²) in [5.74, 6) is 0. The predicted molar refractivity (Wildman–Crippen MR) is 284 cm³/mol. The van der Waals surface area contributed by atoms with Crippen LogP contribution in [-0.4, -0.2) is 0 Å². The van der Waals surface area contributed by atoms with Gasteiger partial charge in [0.1, 0.15) is 0 Å². The Morgan fingerprint density at radius 1 is 0.212 bits per heavy atom. The summed E-state index contributed by atoms with van der Waals surface area (Å²) < 4.78 is 0. The van der Waals surface area contributed by atoms with Crippen LogP contribution >= 0.6 is 0 Å². The van der Waals surface area contributed by atoms with Crippen LogP contribution in [0.2, 0.25) is 0 Å². The van der Waals surface area contributed by atoms with E-state index in [1.807, 2.05) is 0 Å². The van der Waals surface area contributed by atoms with Gasteiger partial charge in [0, 0.05) is 39.2 Å². The van der Waals surface area contributed by atoms with Crippen molar-refractivity contribution in [3.05, 3.63) is 243 Å². The first-order chi connectivity index (χ1) is 32.7. The van der Waals surface area contributed by atoms with Crippen LogP contribution in [0.5, 0.6) is 0 Å². The van der Waals surface area contributed by atoms with Crippen LogP contribution in [0, 0.1) is 0 Å². The lowest BCUT2D eigenvalue weighted by molar-refractivity contribution is 1.29. The van der Waals surface area contributed by atoms with E-state index in [1.54, 1.807) is 0 Å². The number of anilines is 6. The quantitative estimate of drug-likeness (QED) is 0.117. The Labute approximate surface area is 382 Å². The molecule has 2 heteroatoms. The van der Waals surface area contributed by atoms with Gasteiger partial charge in [0.15, 0.2) is 0 Å². The predicted octanol–water partition coefficient (Wildman–Crippen LogP) is 18.4. The van der Waals surface area contributed by atoms with Crippen molar-refractivity contribution in [2.75, 3.05) is 9.80 Å². The summed E-state index contributed by atoms with van der Waals surface area (Å²) in [5.41, 5.74) is 9.18. The summed E-state index contributed by atoms with van der Waals surface area (Å²) in [4.78, 5) is 4.88. The average Bonchev–Trinajstić information content (AvgIpc) is 3.38. The molecule has 0 amide bonds. The third kappa shape index (κ3) is 5.55. The largest absolute Gasteiger partial charge is 0.310 e. The molecule has 14 rings (SSSR count). The van der Waals surface area contributed by atoms with Crippen molar-refractivity contribution in [1.82, 2.24) is 0 Å². The number of hydrogen-bond acceptors (Lipinski definition) is 2. The summed E-state index contributed by atoms with van der Waals surface area (Å²) >= 11 is 0. The number of fused-ring (bicyclic) bond motifs is 2. The molecule has 0 aliphatic rings. The zero-order valence-corrected chi connectivity index (χ0v) is 36.0. The van der Waals surface area contributed by atoms with E-state index in [9.17, 15) is 0 Å². The second-order valence-corrected chi connectivity index (χ2v) is 17.7. The molecule has 0 fully saturated rings. The smallest absolute Gasteiger partial charge is 0.0618 e. The van der Waals surface area contributed by atoms with E-state index < -0.39 is 0 Å². The SMILES string of the molecule is c1ccc(N(c2ccc(-c3c4ccccc4c(N(c4ccccc4)c4cc5ccc6cccc7ccc(c4)c5c67)c4ccccc34)cc2)c2cc3ccc4cccc5ccc(c2)c3c45)cc1. The Balaban J connectivity index is 0.953. The molecular weight excluding hydrogens is 797 g/mol. The molecule has 0 radical (unpaired) electrons. The van der Waals surface area contributed by atoms with E-state index in [1.165, 1.54) is 103 Å². The Hall–Kier alpha value is -8.72. The van der Waals surface area contributed by atoms with Gasteiger partial charge in [-0.2, -0.15) is 0 Å². The van der Waals surface area contributed by atoms with Crippen molar-refractivity contribution >= 4 is 120 Å². The van der Waals surface area contributed by atoms with Crippen molar-refractivity contribution in [3.8, 4) is 11.1 Å². The maximum atomic E-state index is 2.49. The zero-order chi connectivity index (χ0) is 43.3. The summed E-state index contributed by atoms with van der Waals surface area (Å²) in [6.45, 7) is 0. The minimum absolute atomic E-state index is 1.10. The van der Waals surface area contributed by atoms with Gasteiger partial charge < -0.3 is 9.80 Å². The lowest BCUT2D eigenvalue weighted by Gasteiger charge is -2.30. The Morgan fingerprint density at radius 2 is 0.545 bits per heavy atom. The zero-order valence-electron chi connectivity index (χ0n) is 36.0. The molecule has 14 aromatic rings.